The number of benzene rings is 2. The molecule has 2 aromatic carbocycles. The van der Waals surface area contributed by atoms with E-state index in [4.69, 9.17) is 11.6 Å². The van der Waals surface area contributed by atoms with E-state index in [1.165, 1.54) is 19.3 Å². The number of amides is 1. The highest BCUT2D eigenvalue weighted by atomic mass is 35.5. The number of fused-ring (bicyclic) bond motifs is 1. The third kappa shape index (κ3) is 3.25. The van der Waals surface area contributed by atoms with Crippen molar-refractivity contribution in [2.75, 3.05) is 23.3 Å². The zero-order valence-corrected chi connectivity index (χ0v) is 15.2. The van der Waals surface area contributed by atoms with E-state index in [1.54, 1.807) is 18.3 Å². The van der Waals surface area contributed by atoms with Crippen molar-refractivity contribution in [3.63, 3.8) is 0 Å². The molecule has 1 fully saturated rings. The van der Waals surface area contributed by atoms with Gasteiger partial charge >= 0.3 is 0 Å². The fourth-order valence-corrected chi connectivity index (χ4v) is 3.65. The van der Waals surface area contributed by atoms with E-state index in [-0.39, 0.29) is 5.91 Å². The standard InChI is InChI=1S/C21H20ClN3O/c22-18-10-4-5-11-19(18)24-21(26)17-14-23-20(25-12-6-1-7-13-25)16-9-3-2-8-15(16)17/h2-5,8-11,14H,1,6-7,12-13H2,(H,24,26). The van der Waals surface area contributed by atoms with E-state index in [1.807, 2.05) is 36.4 Å². The second kappa shape index (κ2) is 7.34. The van der Waals surface area contributed by atoms with Crippen LogP contribution in [0.3, 0.4) is 0 Å². The summed E-state index contributed by atoms with van der Waals surface area (Å²) in [7, 11) is 0. The van der Waals surface area contributed by atoms with Gasteiger partial charge in [0, 0.05) is 24.7 Å². The van der Waals surface area contributed by atoms with E-state index in [9.17, 15) is 4.79 Å². The lowest BCUT2D eigenvalue weighted by molar-refractivity contribution is 0.102. The van der Waals surface area contributed by atoms with Gasteiger partial charge in [0.15, 0.2) is 0 Å². The Hall–Kier alpha value is -2.59. The van der Waals surface area contributed by atoms with Gasteiger partial charge in [-0.25, -0.2) is 4.98 Å². The maximum absolute atomic E-state index is 12.8. The topological polar surface area (TPSA) is 45.2 Å². The molecule has 0 spiro atoms. The summed E-state index contributed by atoms with van der Waals surface area (Å²) in [5.41, 5.74) is 1.16. The number of hydrogen-bond donors (Lipinski definition) is 1. The molecule has 1 amide bonds. The lowest BCUT2D eigenvalue weighted by atomic mass is 10.0. The first kappa shape index (κ1) is 16.9. The van der Waals surface area contributed by atoms with E-state index >= 15 is 0 Å². The lowest BCUT2D eigenvalue weighted by Crippen LogP contribution is -2.30. The van der Waals surface area contributed by atoms with Gasteiger partial charge in [0.1, 0.15) is 5.82 Å². The van der Waals surface area contributed by atoms with Gasteiger partial charge in [0.05, 0.1) is 16.3 Å². The van der Waals surface area contributed by atoms with Crippen LogP contribution in [0.25, 0.3) is 10.8 Å². The minimum absolute atomic E-state index is 0.202. The molecule has 0 unspecified atom stereocenters. The van der Waals surface area contributed by atoms with Crippen LogP contribution in [0.15, 0.2) is 54.7 Å². The zero-order valence-electron chi connectivity index (χ0n) is 14.4. The van der Waals surface area contributed by atoms with Gasteiger partial charge in [0.2, 0.25) is 0 Å². The number of anilines is 2. The Bertz CT molecular complexity index is 951. The SMILES string of the molecule is O=C(Nc1ccccc1Cl)c1cnc(N2CCCCC2)c2ccccc12. The van der Waals surface area contributed by atoms with Crippen LogP contribution in [-0.2, 0) is 0 Å². The molecule has 0 aliphatic carbocycles. The molecular weight excluding hydrogens is 346 g/mol. The van der Waals surface area contributed by atoms with Gasteiger partial charge in [-0.15, -0.1) is 0 Å². The molecular formula is C21H20ClN3O. The molecule has 0 radical (unpaired) electrons. The van der Waals surface area contributed by atoms with Crippen molar-refractivity contribution in [1.82, 2.24) is 4.98 Å². The summed E-state index contributed by atoms with van der Waals surface area (Å²) in [5.74, 6) is 0.765. The van der Waals surface area contributed by atoms with Crippen LogP contribution in [0.5, 0.6) is 0 Å². The Labute approximate surface area is 157 Å². The number of carbonyl (C=O) groups excluding carboxylic acids is 1. The van der Waals surface area contributed by atoms with Gasteiger partial charge in [-0.3, -0.25) is 4.79 Å². The maximum atomic E-state index is 12.8. The summed E-state index contributed by atoms with van der Waals surface area (Å²) in [4.78, 5) is 19.8. The average molecular weight is 366 g/mol. The number of nitrogens with one attached hydrogen (secondary N) is 1. The van der Waals surface area contributed by atoms with Crippen molar-refractivity contribution in [2.24, 2.45) is 0 Å². The molecule has 0 atom stereocenters. The fourth-order valence-electron chi connectivity index (χ4n) is 3.47. The van der Waals surface area contributed by atoms with E-state index in [2.05, 4.69) is 15.2 Å². The second-order valence-corrected chi connectivity index (χ2v) is 6.93. The molecule has 1 aliphatic heterocycles. The molecule has 1 aromatic heterocycles. The predicted molar refractivity (Wildman–Crippen MR) is 107 cm³/mol. The van der Waals surface area contributed by atoms with E-state index < -0.39 is 0 Å². The number of piperidine rings is 1. The van der Waals surface area contributed by atoms with Crippen molar-refractivity contribution in [2.45, 2.75) is 19.3 Å². The third-order valence-electron chi connectivity index (χ3n) is 4.80. The third-order valence-corrected chi connectivity index (χ3v) is 5.13. The highest BCUT2D eigenvalue weighted by Crippen LogP contribution is 2.30. The summed E-state index contributed by atoms with van der Waals surface area (Å²) in [6.07, 6.45) is 5.32. The summed E-state index contributed by atoms with van der Waals surface area (Å²) in [6, 6.07) is 15.2. The first-order chi connectivity index (χ1) is 12.7. The molecule has 1 N–H and O–H groups in total. The zero-order chi connectivity index (χ0) is 17.9. The van der Waals surface area contributed by atoms with Crippen molar-refractivity contribution >= 4 is 39.8 Å². The smallest absolute Gasteiger partial charge is 0.257 e. The average Bonchev–Trinajstić information content (AvgIpc) is 2.69. The molecule has 26 heavy (non-hydrogen) atoms. The monoisotopic (exact) mass is 365 g/mol. The fraction of sp³-hybridized carbons (Fsp3) is 0.238. The van der Waals surface area contributed by atoms with E-state index in [0.717, 1.165) is 29.7 Å². The van der Waals surface area contributed by atoms with Crippen LogP contribution in [0, 0.1) is 0 Å². The van der Waals surface area contributed by atoms with Crippen LogP contribution >= 0.6 is 11.6 Å². The number of halogens is 1. The first-order valence-corrected chi connectivity index (χ1v) is 9.30. The van der Waals surface area contributed by atoms with Gasteiger partial charge in [0.25, 0.3) is 5.91 Å². The minimum atomic E-state index is -0.202. The highest BCUT2D eigenvalue weighted by molar-refractivity contribution is 6.34. The number of pyridine rings is 1. The van der Waals surface area contributed by atoms with Crippen LogP contribution in [0.4, 0.5) is 11.5 Å². The number of carbonyl (C=O) groups is 1. The summed E-state index contributed by atoms with van der Waals surface area (Å²) >= 11 is 6.16. The van der Waals surface area contributed by atoms with E-state index in [0.29, 0.717) is 16.3 Å². The Kier molecular flexibility index (Phi) is 4.76. The minimum Gasteiger partial charge on any atom is -0.356 e. The van der Waals surface area contributed by atoms with Crippen molar-refractivity contribution < 1.29 is 4.79 Å². The molecule has 132 valence electrons. The molecule has 4 nitrogen and oxygen atoms in total. The van der Waals surface area contributed by atoms with Crippen LogP contribution in [0.1, 0.15) is 29.6 Å². The summed E-state index contributed by atoms with van der Waals surface area (Å²) in [5, 5.41) is 5.33. The molecule has 1 saturated heterocycles. The number of para-hydroxylation sites is 1. The van der Waals surface area contributed by atoms with Gasteiger partial charge < -0.3 is 10.2 Å². The van der Waals surface area contributed by atoms with Crippen LogP contribution in [-0.4, -0.2) is 24.0 Å². The number of rotatable bonds is 3. The Morgan fingerprint density at radius 3 is 2.42 bits per heavy atom. The van der Waals surface area contributed by atoms with Crippen LogP contribution < -0.4 is 10.2 Å². The molecule has 4 rings (SSSR count). The Morgan fingerprint density at radius 2 is 1.65 bits per heavy atom. The molecule has 0 bridgehead atoms. The van der Waals surface area contributed by atoms with Crippen molar-refractivity contribution in [3.05, 3.63) is 65.3 Å². The molecule has 5 heteroatoms. The Morgan fingerprint density at radius 1 is 0.962 bits per heavy atom. The quantitative estimate of drug-likeness (QED) is 0.699. The van der Waals surface area contributed by atoms with Crippen molar-refractivity contribution in [3.8, 4) is 0 Å². The molecule has 0 saturated carbocycles. The lowest BCUT2D eigenvalue weighted by Gasteiger charge is -2.29. The first-order valence-electron chi connectivity index (χ1n) is 8.92. The summed E-state index contributed by atoms with van der Waals surface area (Å²) < 4.78 is 0. The highest BCUT2D eigenvalue weighted by Gasteiger charge is 2.19. The van der Waals surface area contributed by atoms with Gasteiger partial charge in [-0.1, -0.05) is 48.0 Å². The molecule has 2 heterocycles. The van der Waals surface area contributed by atoms with Gasteiger partial charge in [-0.05, 0) is 36.8 Å². The predicted octanol–water partition coefficient (Wildman–Crippen LogP) is 5.13. The molecule has 1 aliphatic rings. The van der Waals surface area contributed by atoms with Crippen molar-refractivity contribution in [1.29, 1.82) is 0 Å². The van der Waals surface area contributed by atoms with Gasteiger partial charge in [-0.2, -0.15) is 0 Å². The normalized spacial score (nSPS) is 14.4. The maximum Gasteiger partial charge on any atom is 0.257 e. The number of hydrogen-bond acceptors (Lipinski definition) is 3. The Balaban J connectivity index is 1.72. The second-order valence-electron chi connectivity index (χ2n) is 6.52. The largest absolute Gasteiger partial charge is 0.356 e. The number of nitrogens with zero attached hydrogens (tertiary/aromatic N) is 2. The van der Waals surface area contributed by atoms with Crippen LogP contribution in [0.2, 0.25) is 5.02 Å². The number of aromatic nitrogens is 1. The summed E-state index contributed by atoms with van der Waals surface area (Å²) in [6.45, 7) is 2.03. The molecule has 3 aromatic rings.